The lowest BCUT2D eigenvalue weighted by Crippen LogP contribution is -2.15. The molecule has 0 N–H and O–H groups in total. The van der Waals surface area contributed by atoms with E-state index in [0.29, 0.717) is 0 Å². The van der Waals surface area contributed by atoms with Crippen molar-refractivity contribution in [3.8, 4) is 22.3 Å². The Bertz CT molecular complexity index is 2760. The van der Waals surface area contributed by atoms with Crippen LogP contribution in [0.4, 0.5) is 17.1 Å². The monoisotopic (exact) mass is 643 g/mol. The number of rotatable bonds is 4. The standard InChI is InChI=1S/C47H33NS/c1-47(2)42-22-8-7-19-38(42)41-29-34(25-27-43(41)47)48(44-23-10-14-30-12-3-5-17-35(30)44)33-16-9-15-32(28-33)37-20-11-21-39-40-26-24-31-13-4-6-18-36(31)45(40)49-46(37)39/h3-29H,1-2H3. The lowest BCUT2D eigenvalue weighted by Gasteiger charge is -2.28. The molecule has 0 saturated heterocycles. The van der Waals surface area contributed by atoms with E-state index in [1.807, 2.05) is 11.3 Å². The zero-order chi connectivity index (χ0) is 32.7. The summed E-state index contributed by atoms with van der Waals surface area (Å²) in [4.78, 5) is 2.46. The molecule has 2 heteroatoms. The maximum absolute atomic E-state index is 2.46. The fourth-order valence-electron chi connectivity index (χ4n) is 8.24. The highest BCUT2D eigenvalue weighted by molar-refractivity contribution is 7.27. The Morgan fingerprint density at radius 3 is 1.96 bits per heavy atom. The smallest absolute Gasteiger partial charge is 0.0540 e. The Morgan fingerprint density at radius 1 is 0.429 bits per heavy atom. The number of anilines is 3. The van der Waals surface area contributed by atoms with E-state index in [0.717, 1.165) is 11.4 Å². The van der Waals surface area contributed by atoms with Gasteiger partial charge in [-0.1, -0.05) is 147 Å². The lowest BCUT2D eigenvalue weighted by molar-refractivity contribution is 0.660. The van der Waals surface area contributed by atoms with E-state index in [2.05, 4.69) is 183 Å². The van der Waals surface area contributed by atoms with Gasteiger partial charge >= 0.3 is 0 Å². The van der Waals surface area contributed by atoms with Crippen LogP contribution in [0.15, 0.2) is 164 Å². The van der Waals surface area contributed by atoms with E-state index in [1.165, 1.54) is 80.8 Å². The predicted octanol–water partition coefficient (Wildman–Crippen LogP) is 13.8. The van der Waals surface area contributed by atoms with Crippen molar-refractivity contribution >= 4 is 70.1 Å². The lowest BCUT2D eigenvalue weighted by atomic mass is 9.82. The van der Waals surface area contributed by atoms with Gasteiger partial charge in [0.15, 0.2) is 0 Å². The Hall–Kier alpha value is -5.70. The van der Waals surface area contributed by atoms with Gasteiger partial charge < -0.3 is 4.90 Å². The number of hydrogen-bond acceptors (Lipinski definition) is 2. The number of fused-ring (bicyclic) bond motifs is 9. The largest absolute Gasteiger partial charge is 0.310 e. The van der Waals surface area contributed by atoms with E-state index in [-0.39, 0.29) is 5.41 Å². The molecule has 0 atom stereocenters. The summed E-state index contributed by atoms with van der Waals surface area (Å²) in [5, 5.41) is 7.72. The molecule has 1 aliphatic carbocycles. The second kappa shape index (κ2) is 10.7. The van der Waals surface area contributed by atoms with Crippen LogP contribution in [0.2, 0.25) is 0 Å². The molecule has 0 aliphatic heterocycles. The van der Waals surface area contributed by atoms with Gasteiger partial charge in [0.25, 0.3) is 0 Å². The van der Waals surface area contributed by atoms with Crippen LogP contribution in [0.1, 0.15) is 25.0 Å². The zero-order valence-corrected chi connectivity index (χ0v) is 28.3. The molecule has 0 unspecified atom stereocenters. The topological polar surface area (TPSA) is 3.24 Å². The molecule has 10 rings (SSSR count). The molecular formula is C47H33NS. The minimum absolute atomic E-state index is 0.0388. The summed E-state index contributed by atoms with van der Waals surface area (Å²) in [6.45, 7) is 4.70. The molecule has 0 amide bonds. The Balaban J connectivity index is 1.19. The van der Waals surface area contributed by atoms with Gasteiger partial charge in [-0.2, -0.15) is 0 Å². The van der Waals surface area contributed by atoms with Crippen LogP contribution >= 0.6 is 11.3 Å². The highest BCUT2D eigenvalue weighted by atomic mass is 32.1. The molecule has 1 aromatic heterocycles. The van der Waals surface area contributed by atoms with Crippen LogP contribution in [0, 0.1) is 0 Å². The van der Waals surface area contributed by atoms with Crippen molar-refractivity contribution in [1.29, 1.82) is 0 Å². The summed E-state index contributed by atoms with van der Waals surface area (Å²) in [6, 6.07) is 60.6. The van der Waals surface area contributed by atoms with Gasteiger partial charge in [0.2, 0.25) is 0 Å². The molecule has 49 heavy (non-hydrogen) atoms. The molecule has 1 heterocycles. The van der Waals surface area contributed by atoms with Gasteiger partial charge in [-0.15, -0.1) is 11.3 Å². The summed E-state index contributed by atoms with van der Waals surface area (Å²) in [6.07, 6.45) is 0. The quantitative estimate of drug-likeness (QED) is 0.184. The Labute approximate surface area is 290 Å². The third kappa shape index (κ3) is 4.24. The van der Waals surface area contributed by atoms with Crippen LogP contribution in [-0.4, -0.2) is 0 Å². The number of nitrogens with zero attached hydrogens (tertiary/aromatic N) is 1. The second-order valence-corrected chi connectivity index (χ2v) is 14.8. The van der Waals surface area contributed by atoms with Gasteiger partial charge in [0, 0.05) is 42.3 Å². The third-order valence-corrected chi connectivity index (χ3v) is 11.9. The van der Waals surface area contributed by atoms with E-state index in [4.69, 9.17) is 0 Å². The molecule has 1 nitrogen and oxygen atoms in total. The van der Waals surface area contributed by atoms with Gasteiger partial charge in [-0.05, 0) is 79.9 Å². The Morgan fingerprint density at radius 2 is 1.06 bits per heavy atom. The predicted molar refractivity (Wildman–Crippen MR) is 212 cm³/mol. The molecule has 0 saturated carbocycles. The number of hydrogen-bond donors (Lipinski definition) is 0. The fourth-order valence-corrected chi connectivity index (χ4v) is 9.62. The minimum Gasteiger partial charge on any atom is -0.310 e. The van der Waals surface area contributed by atoms with Crippen molar-refractivity contribution in [3.05, 3.63) is 175 Å². The van der Waals surface area contributed by atoms with E-state index >= 15 is 0 Å². The molecular weight excluding hydrogens is 611 g/mol. The second-order valence-electron chi connectivity index (χ2n) is 13.7. The van der Waals surface area contributed by atoms with Crippen molar-refractivity contribution in [1.82, 2.24) is 0 Å². The van der Waals surface area contributed by atoms with Crippen molar-refractivity contribution in [2.24, 2.45) is 0 Å². The molecule has 0 fully saturated rings. The molecule has 0 spiro atoms. The van der Waals surface area contributed by atoms with Gasteiger partial charge in [0.05, 0.1) is 5.69 Å². The highest BCUT2D eigenvalue weighted by Gasteiger charge is 2.35. The Kier molecular flexibility index (Phi) is 6.16. The first-order valence-electron chi connectivity index (χ1n) is 17.0. The highest BCUT2D eigenvalue weighted by Crippen LogP contribution is 2.51. The first-order valence-corrected chi connectivity index (χ1v) is 17.8. The number of benzene rings is 8. The van der Waals surface area contributed by atoms with Crippen molar-refractivity contribution in [2.45, 2.75) is 19.3 Å². The average Bonchev–Trinajstić information content (AvgIpc) is 3.65. The van der Waals surface area contributed by atoms with Crippen molar-refractivity contribution < 1.29 is 0 Å². The van der Waals surface area contributed by atoms with E-state index in [1.54, 1.807) is 0 Å². The van der Waals surface area contributed by atoms with Crippen LogP contribution in [0.5, 0.6) is 0 Å². The van der Waals surface area contributed by atoms with Gasteiger partial charge in [-0.25, -0.2) is 0 Å². The summed E-state index contributed by atoms with van der Waals surface area (Å²) in [5.74, 6) is 0. The van der Waals surface area contributed by atoms with Gasteiger partial charge in [0.1, 0.15) is 0 Å². The third-order valence-electron chi connectivity index (χ3n) is 10.6. The van der Waals surface area contributed by atoms with E-state index in [9.17, 15) is 0 Å². The first kappa shape index (κ1) is 28.3. The SMILES string of the molecule is CC1(C)c2ccccc2-c2cc(N(c3cccc(-c4cccc5c4sc4c6ccccc6ccc54)c3)c3cccc4ccccc34)ccc21. The summed E-state index contributed by atoms with van der Waals surface area (Å²) in [7, 11) is 0. The molecule has 0 bridgehead atoms. The average molecular weight is 644 g/mol. The maximum Gasteiger partial charge on any atom is 0.0540 e. The maximum atomic E-state index is 2.46. The summed E-state index contributed by atoms with van der Waals surface area (Å²) in [5.41, 5.74) is 11.4. The molecule has 9 aromatic rings. The molecule has 1 aliphatic rings. The van der Waals surface area contributed by atoms with Crippen LogP contribution in [0.25, 0.3) is 64.0 Å². The molecule has 232 valence electrons. The fraction of sp³-hybridized carbons (Fsp3) is 0.0638. The minimum atomic E-state index is -0.0388. The van der Waals surface area contributed by atoms with Crippen LogP contribution in [-0.2, 0) is 5.41 Å². The first-order chi connectivity index (χ1) is 24.1. The summed E-state index contributed by atoms with van der Waals surface area (Å²) < 4.78 is 2.69. The normalized spacial score (nSPS) is 13.3. The van der Waals surface area contributed by atoms with Crippen LogP contribution in [0.3, 0.4) is 0 Å². The summed E-state index contributed by atoms with van der Waals surface area (Å²) >= 11 is 1.91. The van der Waals surface area contributed by atoms with Gasteiger partial charge in [-0.3, -0.25) is 0 Å². The van der Waals surface area contributed by atoms with Crippen molar-refractivity contribution in [3.63, 3.8) is 0 Å². The van der Waals surface area contributed by atoms with Crippen LogP contribution < -0.4 is 4.90 Å². The van der Waals surface area contributed by atoms with Crippen molar-refractivity contribution in [2.75, 3.05) is 4.90 Å². The molecule has 8 aromatic carbocycles. The molecule has 0 radical (unpaired) electrons. The zero-order valence-electron chi connectivity index (χ0n) is 27.4. The number of thiophene rings is 1. The van der Waals surface area contributed by atoms with E-state index < -0.39 is 0 Å².